The van der Waals surface area contributed by atoms with Crippen molar-refractivity contribution < 1.29 is 9.00 Å². The number of rotatable bonds is 8. The van der Waals surface area contributed by atoms with Crippen molar-refractivity contribution in [1.82, 2.24) is 10.6 Å². The molecule has 0 saturated heterocycles. The van der Waals surface area contributed by atoms with Crippen LogP contribution in [0.25, 0.3) is 0 Å². The molecule has 1 fully saturated rings. The van der Waals surface area contributed by atoms with Crippen LogP contribution >= 0.6 is 0 Å². The van der Waals surface area contributed by atoms with Crippen LogP contribution in [0.15, 0.2) is 0 Å². The molecule has 1 aliphatic rings. The fraction of sp³-hybridized carbons (Fsp3) is 0.923. The number of nitrogens with one attached hydrogen (secondary N) is 2. The molecule has 0 bridgehead atoms. The molecular weight excluding hydrogens is 248 g/mol. The smallest absolute Gasteiger partial charge is 0.232 e. The van der Waals surface area contributed by atoms with Gasteiger partial charge in [0.15, 0.2) is 0 Å². The molecule has 1 rings (SSSR count). The van der Waals surface area contributed by atoms with Crippen molar-refractivity contribution in [2.45, 2.75) is 57.2 Å². The molecule has 2 N–H and O–H groups in total. The van der Waals surface area contributed by atoms with E-state index in [9.17, 15) is 9.00 Å². The highest BCUT2D eigenvalue weighted by Gasteiger charge is 2.29. The highest BCUT2D eigenvalue weighted by Crippen LogP contribution is 2.23. The SMILES string of the molecule is CCCNC(=O)CS(=O)C1CCC(NCCC)C1. The van der Waals surface area contributed by atoms with Crippen LogP contribution in [0, 0.1) is 0 Å². The first kappa shape index (κ1) is 15.6. The van der Waals surface area contributed by atoms with Crippen LogP contribution in [-0.4, -0.2) is 40.3 Å². The van der Waals surface area contributed by atoms with Crippen LogP contribution in [0.5, 0.6) is 0 Å². The minimum absolute atomic E-state index is 0.0693. The van der Waals surface area contributed by atoms with Crippen molar-refractivity contribution in [2.75, 3.05) is 18.8 Å². The van der Waals surface area contributed by atoms with Gasteiger partial charge >= 0.3 is 0 Å². The fourth-order valence-corrected chi connectivity index (χ4v) is 3.72. The summed E-state index contributed by atoms with van der Waals surface area (Å²) in [4.78, 5) is 11.5. The van der Waals surface area contributed by atoms with Gasteiger partial charge in [-0.05, 0) is 38.6 Å². The van der Waals surface area contributed by atoms with Gasteiger partial charge in [0.1, 0.15) is 5.75 Å². The van der Waals surface area contributed by atoms with Gasteiger partial charge < -0.3 is 10.6 Å². The quantitative estimate of drug-likeness (QED) is 0.699. The zero-order valence-electron chi connectivity index (χ0n) is 11.5. The van der Waals surface area contributed by atoms with Crippen LogP contribution in [0.1, 0.15) is 46.0 Å². The predicted molar refractivity (Wildman–Crippen MR) is 76.0 cm³/mol. The lowest BCUT2D eigenvalue weighted by Crippen LogP contribution is -2.32. The molecule has 0 spiro atoms. The summed E-state index contributed by atoms with van der Waals surface area (Å²) in [5, 5.41) is 6.45. The number of amides is 1. The van der Waals surface area contributed by atoms with Crippen LogP contribution in [0.3, 0.4) is 0 Å². The molecule has 0 aromatic carbocycles. The minimum Gasteiger partial charge on any atom is -0.355 e. The second-order valence-electron chi connectivity index (χ2n) is 4.96. The number of carbonyl (C=O) groups is 1. The van der Waals surface area contributed by atoms with Gasteiger partial charge in [0.05, 0.1) is 0 Å². The largest absolute Gasteiger partial charge is 0.355 e. The molecule has 0 heterocycles. The van der Waals surface area contributed by atoms with Crippen molar-refractivity contribution in [3.05, 3.63) is 0 Å². The summed E-state index contributed by atoms with van der Waals surface area (Å²) in [6.07, 6.45) is 5.07. The topological polar surface area (TPSA) is 58.2 Å². The van der Waals surface area contributed by atoms with Crippen LogP contribution in [0.4, 0.5) is 0 Å². The summed E-state index contributed by atoms with van der Waals surface area (Å²) in [5.74, 6) is 0.102. The van der Waals surface area contributed by atoms with Crippen LogP contribution < -0.4 is 10.6 Å². The van der Waals surface area contributed by atoms with Gasteiger partial charge in [-0.1, -0.05) is 13.8 Å². The lowest BCUT2D eigenvalue weighted by molar-refractivity contribution is -0.118. The molecule has 1 saturated carbocycles. The molecule has 3 atom stereocenters. The second-order valence-corrected chi connectivity index (χ2v) is 6.68. The molecule has 18 heavy (non-hydrogen) atoms. The van der Waals surface area contributed by atoms with E-state index >= 15 is 0 Å². The lowest BCUT2D eigenvalue weighted by atomic mass is 10.2. The molecule has 5 heteroatoms. The van der Waals surface area contributed by atoms with E-state index in [1.54, 1.807) is 0 Å². The Bertz CT molecular complexity index is 284. The number of hydrogen-bond donors (Lipinski definition) is 2. The van der Waals surface area contributed by atoms with Crippen LogP contribution in [0.2, 0.25) is 0 Å². The van der Waals surface area contributed by atoms with Crippen molar-refractivity contribution >= 4 is 16.7 Å². The van der Waals surface area contributed by atoms with Gasteiger partial charge in [-0.2, -0.15) is 0 Å². The second kappa shape index (κ2) is 8.64. The lowest BCUT2D eigenvalue weighted by Gasteiger charge is -2.12. The van der Waals surface area contributed by atoms with Gasteiger partial charge in [-0.3, -0.25) is 9.00 Å². The van der Waals surface area contributed by atoms with Crippen molar-refractivity contribution in [2.24, 2.45) is 0 Å². The molecular formula is C13H26N2O2S. The Balaban J connectivity index is 2.24. The highest BCUT2D eigenvalue weighted by molar-refractivity contribution is 7.86. The third-order valence-electron chi connectivity index (χ3n) is 3.28. The number of carbonyl (C=O) groups excluding carboxylic acids is 1. The average molecular weight is 274 g/mol. The Hall–Kier alpha value is -0.420. The first-order valence-electron chi connectivity index (χ1n) is 7.04. The Morgan fingerprint density at radius 3 is 2.61 bits per heavy atom. The monoisotopic (exact) mass is 274 g/mol. The molecule has 1 amide bonds. The zero-order valence-corrected chi connectivity index (χ0v) is 12.4. The van der Waals surface area contributed by atoms with Crippen molar-refractivity contribution in [1.29, 1.82) is 0 Å². The molecule has 0 radical (unpaired) electrons. The Labute approximate surface area is 113 Å². The summed E-state index contributed by atoms with van der Waals surface area (Å²) in [5.41, 5.74) is 0. The Morgan fingerprint density at radius 2 is 1.94 bits per heavy atom. The summed E-state index contributed by atoms with van der Waals surface area (Å²) >= 11 is 0. The number of hydrogen-bond acceptors (Lipinski definition) is 3. The zero-order chi connectivity index (χ0) is 13.4. The fourth-order valence-electron chi connectivity index (χ4n) is 2.28. The Kier molecular flexibility index (Phi) is 7.51. The summed E-state index contributed by atoms with van der Waals surface area (Å²) in [6.45, 7) is 5.87. The van der Waals surface area contributed by atoms with Gasteiger partial charge in [0.2, 0.25) is 5.91 Å². The molecule has 0 aromatic heterocycles. The maximum absolute atomic E-state index is 12.1. The van der Waals surface area contributed by atoms with E-state index in [0.29, 0.717) is 12.6 Å². The molecule has 0 aliphatic heterocycles. The average Bonchev–Trinajstić information content (AvgIpc) is 2.82. The molecule has 106 valence electrons. The van der Waals surface area contributed by atoms with E-state index in [1.807, 2.05) is 6.92 Å². The third-order valence-corrected chi connectivity index (χ3v) is 5.00. The standard InChI is InChI=1S/C13H26N2O2S/c1-3-7-14-11-5-6-12(9-11)18(17)10-13(16)15-8-4-2/h11-12,14H,3-10H2,1-2H3,(H,15,16). The van der Waals surface area contributed by atoms with Crippen molar-refractivity contribution in [3.8, 4) is 0 Å². The third kappa shape index (κ3) is 5.48. The summed E-state index contributed by atoms with van der Waals surface area (Å²) in [6, 6.07) is 0.498. The summed E-state index contributed by atoms with van der Waals surface area (Å²) in [7, 11) is -1.01. The molecule has 4 nitrogen and oxygen atoms in total. The van der Waals surface area contributed by atoms with E-state index in [-0.39, 0.29) is 16.9 Å². The van der Waals surface area contributed by atoms with E-state index in [0.717, 1.165) is 38.6 Å². The maximum atomic E-state index is 12.1. The molecule has 3 unspecified atom stereocenters. The van der Waals surface area contributed by atoms with Gasteiger partial charge in [0.25, 0.3) is 0 Å². The van der Waals surface area contributed by atoms with Crippen LogP contribution in [-0.2, 0) is 15.6 Å². The van der Waals surface area contributed by atoms with Gasteiger partial charge in [-0.25, -0.2) is 0 Å². The first-order valence-corrected chi connectivity index (χ1v) is 8.42. The van der Waals surface area contributed by atoms with E-state index < -0.39 is 10.8 Å². The normalized spacial score (nSPS) is 25.0. The molecule has 0 aromatic rings. The first-order chi connectivity index (χ1) is 8.67. The summed E-state index contributed by atoms with van der Waals surface area (Å²) < 4.78 is 12.1. The minimum atomic E-state index is -1.01. The predicted octanol–water partition coefficient (Wildman–Crippen LogP) is 1.18. The van der Waals surface area contributed by atoms with E-state index in [1.165, 1.54) is 0 Å². The maximum Gasteiger partial charge on any atom is 0.232 e. The Morgan fingerprint density at radius 1 is 1.22 bits per heavy atom. The van der Waals surface area contributed by atoms with Gasteiger partial charge in [-0.15, -0.1) is 0 Å². The van der Waals surface area contributed by atoms with E-state index in [4.69, 9.17) is 0 Å². The van der Waals surface area contributed by atoms with Gasteiger partial charge in [0, 0.05) is 28.6 Å². The molecule has 1 aliphatic carbocycles. The highest BCUT2D eigenvalue weighted by atomic mass is 32.2. The van der Waals surface area contributed by atoms with E-state index in [2.05, 4.69) is 17.6 Å². The van der Waals surface area contributed by atoms with Crippen molar-refractivity contribution in [3.63, 3.8) is 0 Å².